The Morgan fingerprint density at radius 3 is 1.39 bits per heavy atom. The minimum absolute atomic E-state index is 0.558. The molecule has 0 bridgehead atoms. The van der Waals surface area contributed by atoms with Gasteiger partial charge in [-0.2, -0.15) is 9.97 Å². The molecule has 69 heavy (non-hydrogen) atoms. The lowest BCUT2D eigenvalue weighted by Gasteiger charge is -2.14. The van der Waals surface area contributed by atoms with Crippen LogP contribution in [0.4, 0.5) is 0 Å². The van der Waals surface area contributed by atoms with Crippen molar-refractivity contribution in [2.24, 2.45) is 0 Å². The van der Waals surface area contributed by atoms with Crippen molar-refractivity contribution in [3.05, 3.63) is 231 Å². The average molecular weight is 879 g/mol. The summed E-state index contributed by atoms with van der Waals surface area (Å²) in [6.07, 6.45) is 0. The highest BCUT2D eigenvalue weighted by Gasteiger charge is 2.24. The van der Waals surface area contributed by atoms with E-state index in [-0.39, 0.29) is 0 Å². The maximum Gasteiger partial charge on any atom is 0.238 e. The number of rotatable bonds is 5. The molecule has 15 rings (SSSR count). The first-order valence-electron chi connectivity index (χ1n) is 23.4. The molecule has 0 N–H and O–H groups in total. The van der Waals surface area contributed by atoms with E-state index in [9.17, 15) is 0 Å². The van der Waals surface area contributed by atoms with Crippen LogP contribution in [-0.2, 0) is 0 Å². The van der Waals surface area contributed by atoms with Gasteiger partial charge in [-0.15, -0.1) is 0 Å². The molecule has 11 aromatic carbocycles. The normalized spacial score (nSPS) is 12.1. The maximum atomic E-state index is 5.50. The summed E-state index contributed by atoms with van der Waals surface area (Å²) in [6.45, 7) is 0. The second-order valence-corrected chi connectivity index (χ2v) is 18.0. The van der Waals surface area contributed by atoms with Crippen LogP contribution in [0.3, 0.4) is 0 Å². The van der Waals surface area contributed by atoms with Crippen molar-refractivity contribution in [1.29, 1.82) is 0 Å². The molecule has 320 valence electrons. The predicted octanol–water partition coefficient (Wildman–Crippen LogP) is 16.0. The van der Waals surface area contributed by atoms with E-state index in [1.165, 1.54) is 43.1 Å². The summed E-state index contributed by atoms with van der Waals surface area (Å²) in [5.41, 5.74) is 10.6. The molecule has 4 heterocycles. The van der Waals surface area contributed by atoms with Crippen LogP contribution < -0.4 is 0 Å². The van der Waals surface area contributed by atoms with Crippen LogP contribution in [0, 0.1) is 0 Å². The van der Waals surface area contributed by atoms with Crippen molar-refractivity contribution >= 4 is 97.7 Å². The van der Waals surface area contributed by atoms with Gasteiger partial charge in [-0.3, -0.25) is 4.57 Å². The first kappa shape index (κ1) is 37.8. The highest BCUT2D eigenvalue weighted by Crippen LogP contribution is 2.44. The molecule has 0 fully saturated rings. The van der Waals surface area contributed by atoms with E-state index in [1.54, 1.807) is 0 Å². The summed E-state index contributed by atoms with van der Waals surface area (Å²) in [5, 5.41) is 14.4. The van der Waals surface area contributed by atoms with Gasteiger partial charge in [0.1, 0.15) is 0 Å². The summed E-state index contributed by atoms with van der Waals surface area (Å²) < 4.78 is 7.06. The van der Waals surface area contributed by atoms with E-state index in [0.717, 1.165) is 77.1 Å². The first-order valence-corrected chi connectivity index (χ1v) is 23.4. The summed E-state index contributed by atoms with van der Waals surface area (Å²) in [7, 11) is 0. The molecule has 0 saturated carbocycles. The Hall–Kier alpha value is -9.39. The molecule has 0 aliphatic heterocycles. The fourth-order valence-corrected chi connectivity index (χ4v) is 11.3. The molecule has 0 atom stereocenters. The topological polar surface area (TPSA) is 53.5 Å². The van der Waals surface area contributed by atoms with Crippen LogP contribution >= 0.6 is 0 Å². The maximum absolute atomic E-state index is 5.50. The van der Waals surface area contributed by atoms with Gasteiger partial charge in [0.05, 0.1) is 33.1 Å². The number of aromatic nitrogens is 6. The molecule has 6 nitrogen and oxygen atoms in total. The number of para-hydroxylation sites is 4. The van der Waals surface area contributed by atoms with Crippen molar-refractivity contribution in [2.75, 3.05) is 0 Å². The van der Waals surface area contributed by atoms with E-state index >= 15 is 0 Å². The van der Waals surface area contributed by atoms with Crippen LogP contribution in [-0.4, -0.2) is 28.7 Å². The SMILES string of the molecule is c1ccc(-c2nc(-c3ccc4c5ccccc5n(-c5ccccc5)c4c3)nc(-n3c4ccccc4c4ccc5c(c6ccccc6n5-c5ccc6c7ccccc7c7ccccc7c6c5)c43)n2)cc1. The zero-order valence-corrected chi connectivity index (χ0v) is 37.1. The van der Waals surface area contributed by atoms with Gasteiger partial charge in [-0.25, -0.2) is 4.98 Å². The highest BCUT2D eigenvalue weighted by atomic mass is 15.2. The number of hydrogen-bond acceptors (Lipinski definition) is 3. The zero-order chi connectivity index (χ0) is 45.2. The second-order valence-electron chi connectivity index (χ2n) is 18.0. The molecule has 0 aliphatic carbocycles. The molecule has 0 saturated heterocycles. The van der Waals surface area contributed by atoms with Crippen molar-refractivity contribution in [3.8, 4) is 40.1 Å². The molecule has 4 aromatic heterocycles. The Bertz CT molecular complexity index is 4560. The van der Waals surface area contributed by atoms with Gasteiger partial charge in [0.2, 0.25) is 5.95 Å². The lowest BCUT2D eigenvalue weighted by molar-refractivity contribution is 0.955. The molecular weight excluding hydrogens is 841 g/mol. The number of benzene rings is 11. The van der Waals surface area contributed by atoms with Crippen molar-refractivity contribution < 1.29 is 0 Å². The van der Waals surface area contributed by atoms with E-state index in [2.05, 4.69) is 226 Å². The summed E-state index contributed by atoms with van der Waals surface area (Å²) in [5.74, 6) is 1.76. The quantitative estimate of drug-likeness (QED) is 0.162. The third-order valence-electron chi connectivity index (χ3n) is 14.3. The molecule has 0 amide bonds. The lowest BCUT2D eigenvalue weighted by atomic mass is 9.94. The van der Waals surface area contributed by atoms with Crippen LogP contribution in [0.15, 0.2) is 231 Å². The van der Waals surface area contributed by atoms with E-state index in [0.29, 0.717) is 17.6 Å². The van der Waals surface area contributed by atoms with Crippen LogP contribution in [0.25, 0.3) is 138 Å². The van der Waals surface area contributed by atoms with Crippen LogP contribution in [0.2, 0.25) is 0 Å². The minimum atomic E-state index is 0.558. The zero-order valence-electron chi connectivity index (χ0n) is 37.1. The smallest absolute Gasteiger partial charge is 0.238 e. The Labute approximate surface area is 395 Å². The monoisotopic (exact) mass is 878 g/mol. The lowest BCUT2D eigenvalue weighted by Crippen LogP contribution is -2.06. The van der Waals surface area contributed by atoms with E-state index in [4.69, 9.17) is 15.0 Å². The number of hydrogen-bond donors (Lipinski definition) is 0. The van der Waals surface area contributed by atoms with Gasteiger partial charge in [0.25, 0.3) is 0 Å². The van der Waals surface area contributed by atoms with Gasteiger partial charge in [-0.05, 0) is 86.9 Å². The number of nitrogens with zero attached hydrogens (tertiary/aromatic N) is 6. The van der Waals surface area contributed by atoms with Gasteiger partial charge in [0, 0.05) is 54.8 Å². The third-order valence-corrected chi connectivity index (χ3v) is 14.3. The molecule has 0 aliphatic rings. The van der Waals surface area contributed by atoms with Gasteiger partial charge in [0.15, 0.2) is 11.6 Å². The van der Waals surface area contributed by atoms with Crippen molar-refractivity contribution in [3.63, 3.8) is 0 Å². The summed E-state index contributed by atoms with van der Waals surface area (Å²) in [6, 6.07) is 82.6. The van der Waals surface area contributed by atoms with Crippen molar-refractivity contribution in [1.82, 2.24) is 28.7 Å². The van der Waals surface area contributed by atoms with Gasteiger partial charge >= 0.3 is 0 Å². The standard InChI is InChI=1S/C63H38N6/c1-3-17-39(18-4-1)61-64-62(40-31-33-50-48-25-11-14-28-54(48)67(58(50)37-40)41-19-5-2-6-20-41)66-63(65-61)69-55-29-15-12-26-49(55)51-35-36-57-59(60(51)69)52-27-13-16-30-56(52)68(57)42-32-34-47-45-23-8-7-21-43(45)44-22-9-10-24-46(44)53(47)38-42/h1-38H. The van der Waals surface area contributed by atoms with E-state index < -0.39 is 0 Å². The first-order chi connectivity index (χ1) is 34.2. The molecular formula is C63H38N6. The number of fused-ring (bicyclic) bond motifs is 16. The molecule has 0 spiro atoms. The molecule has 0 unspecified atom stereocenters. The summed E-state index contributed by atoms with van der Waals surface area (Å²) >= 11 is 0. The third kappa shape index (κ3) is 5.51. The predicted molar refractivity (Wildman–Crippen MR) is 286 cm³/mol. The minimum Gasteiger partial charge on any atom is -0.309 e. The van der Waals surface area contributed by atoms with Crippen LogP contribution in [0.5, 0.6) is 0 Å². The molecule has 0 radical (unpaired) electrons. The molecule has 15 aromatic rings. The fraction of sp³-hybridized carbons (Fsp3) is 0. The summed E-state index contributed by atoms with van der Waals surface area (Å²) in [4.78, 5) is 16.2. The Morgan fingerprint density at radius 2 is 0.710 bits per heavy atom. The Balaban J connectivity index is 1.02. The van der Waals surface area contributed by atoms with E-state index in [1.807, 2.05) is 18.2 Å². The van der Waals surface area contributed by atoms with Gasteiger partial charge < -0.3 is 9.13 Å². The Kier molecular flexibility index (Phi) is 7.97. The fourth-order valence-electron chi connectivity index (χ4n) is 11.3. The largest absolute Gasteiger partial charge is 0.309 e. The molecule has 6 heteroatoms. The second kappa shape index (κ2) is 14.6. The average Bonchev–Trinajstić information content (AvgIpc) is 4.07. The van der Waals surface area contributed by atoms with Crippen molar-refractivity contribution in [2.45, 2.75) is 0 Å². The van der Waals surface area contributed by atoms with Crippen LogP contribution in [0.1, 0.15) is 0 Å². The Morgan fingerprint density at radius 1 is 0.246 bits per heavy atom. The van der Waals surface area contributed by atoms with Gasteiger partial charge in [-0.1, -0.05) is 176 Å². The highest BCUT2D eigenvalue weighted by molar-refractivity contribution is 6.28.